The van der Waals surface area contributed by atoms with Crippen molar-refractivity contribution in [2.45, 2.75) is 24.7 Å². The number of sulfonamides is 1. The molecule has 0 aliphatic carbocycles. The zero-order valence-corrected chi connectivity index (χ0v) is 14.6. The number of hydrogen-bond acceptors (Lipinski definition) is 7. The largest absolute Gasteiger partial charge is 0.466 e. The van der Waals surface area contributed by atoms with Gasteiger partial charge in [0.05, 0.1) is 23.1 Å². The second-order valence-electron chi connectivity index (χ2n) is 5.70. The lowest BCUT2D eigenvalue weighted by Crippen LogP contribution is -2.42. The summed E-state index contributed by atoms with van der Waals surface area (Å²) in [6.45, 7) is 2.57. The predicted molar refractivity (Wildman–Crippen MR) is 87.3 cm³/mol. The van der Waals surface area contributed by atoms with Crippen molar-refractivity contribution >= 4 is 16.0 Å². The molecule has 1 atom stereocenters. The van der Waals surface area contributed by atoms with Crippen molar-refractivity contribution in [3.63, 3.8) is 0 Å². The summed E-state index contributed by atoms with van der Waals surface area (Å²) in [5.74, 6) is -0.750. The molecule has 134 valence electrons. The lowest BCUT2D eigenvalue weighted by atomic mass is 10.0. The van der Waals surface area contributed by atoms with Gasteiger partial charge in [-0.1, -0.05) is 0 Å². The molecule has 0 saturated carbocycles. The van der Waals surface area contributed by atoms with E-state index in [4.69, 9.17) is 4.74 Å². The molecule has 1 aromatic carbocycles. The van der Waals surface area contributed by atoms with E-state index >= 15 is 0 Å². The normalized spacial score (nSPS) is 18.8. The maximum Gasteiger partial charge on any atom is 0.310 e. The van der Waals surface area contributed by atoms with Crippen molar-refractivity contribution in [2.75, 3.05) is 19.7 Å². The molecule has 1 aliphatic heterocycles. The van der Waals surface area contributed by atoms with E-state index in [1.165, 1.54) is 27.4 Å². The topological polar surface area (TPSA) is 107 Å². The van der Waals surface area contributed by atoms with Crippen molar-refractivity contribution in [3.05, 3.63) is 30.6 Å². The molecule has 1 fully saturated rings. The molecule has 0 radical (unpaired) electrons. The first-order valence-corrected chi connectivity index (χ1v) is 9.46. The zero-order chi connectivity index (χ0) is 17.9. The second-order valence-corrected chi connectivity index (χ2v) is 7.64. The molecule has 0 N–H and O–H groups in total. The molecule has 0 amide bonds. The van der Waals surface area contributed by atoms with E-state index in [1.54, 1.807) is 19.1 Å². The molecule has 0 spiro atoms. The van der Waals surface area contributed by atoms with Gasteiger partial charge in [-0.15, -0.1) is 5.10 Å². The number of nitrogens with zero attached hydrogens (tertiary/aromatic N) is 5. The smallest absolute Gasteiger partial charge is 0.310 e. The van der Waals surface area contributed by atoms with E-state index in [9.17, 15) is 13.2 Å². The molecule has 3 rings (SSSR count). The van der Waals surface area contributed by atoms with E-state index in [-0.39, 0.29) is 17.4 Å². The van der Waals surface area contributed by atoms with Crippen LogP contribution in [0.2, 0.25) is 0 Å². The Labute approximate surface area is 145 Å². The fourth-order valence-electron chi connectivity index (χ4n) is 2.81. The SMILES string of the molecule is CCOC(=O)C1CCCN(S(=O)(=O)c2ccc(-n3cnnn3)cc2)C1. The van der Waals surface area contributed by atoms with Gasteiger partial charge in [0.15, 0.2) is 0 Å². The number of carbonyl (C=O) groups is 1. The van der Waals surface area contributed by atoms with Gasteiger partial charge < -0.3 is 4.74 Å². The number of benzene rings is 1. The maximum atomic E-state index is 12.8. The van der Waals surface area contributed by atoms with Gasteiger partial charge in [0.25, 0.3) is 0 Å². The van der Waals surface area contributed by atoms with E-state index in [1.807, 2.05) is 0 Å². The van der Waals surface area contributed by atoms with Gasteiger partial charge >= 0.3 is 5.97 Å². The highest BCUT2D eigenvalue weighted by Gasteiger charge is 2.33. The average Bonchev–Trinajstić information content (AvgIpc) is 3.17. The van der Waals surface area contributed by atoms with E-state index in [0.29, 0.717) is 31.7 Å². The first kappa shape index (κ1) is 17.5. The van der Waals surface area contributed by atoms with Gasteiger partial charge in [0, 0.05) is 13.1 Å². The van der Waals surface area contributed by atoms with Crippen LogP contribution in [0, 0.1) is 5.92 Å². The van der Waals surface area contributed by atoms with Gasteiger partial charge in [-0.3, -0.25) is 4.79 Å². The molecule has 1 saturated heterocycles. The minimum absolute atomic E-state index is 0.149. The average molecular weight is 365 g/mol. The Morgan fingerprint density at radius 2 is 2.08 bits per heavy atom. The van der Waals surface area contributed by atoms with Crippen molar-refractivity contribution < 1.29 is 17.9 Å². The Hall–Kier alpha value is -2.33. The van der Waals surface area contributed by atoms with Crippen molar-refractivity contribution in [1.82, 2.24) is 24.5 Å². The van der Waals surface area contributed by atoms with E-state index < -0.39 is 15.9 Å². The number of carbonyl (C=O) groups excluding carboxylic acids is 1. The molecule has 2 heterocycles. The number of rotatable bonds is 5. The van der Waals surface area contributed by atoms with Crippen molar-refractivity contribution in [2.24, 2.45) is 5.92 Å². The monoisotopic (exact) mass is 365 g/mol. The summed E-state index contributed by atoms with van der Waals surface area (Å²) in [7, 11) is -3.66. The summed E-state index contributed by atoms with van der Waals surface area (Å²) < 4.78 is 33.5. The summed E-state index contributed by atoms with van der Waals surface area (Å²) in [6, 6.07) is 6.30. The Morgan fingerprint density at radius 3 is 2.72 bits per heavy atom. The Morgan fingerprint density at radius 1 is 1.32 bits per heavy atom. The fraction of sp³-hybridized carbons (Fsp3) is 0.467. The minimum Gasteiger partial charge on any atom is -0.466 e. The van der Waals surface area contributed by atoms with Gasteiger partial charge in [0.2, 0.25) is 10.0 Å². The Bertz CT molecular complexity index is 820. The molecular weight excluding hydrogens is 346 g/mol. The maximum absolute atomic E-state index is 12.8. The van der Waals surface area contributed by atoms with Gasteiger partial charge in [-0.05, 0) is 54.5 Å². The third-order valence-corrected chi connectivity index (χ3v) is 5.97. The van der Waals surface area contributed by atoms with Gasteiger partial charge in [-0.25, -0.2) is 13.1 Å². The molecule has 25 heavy (non-hydrogen) atoms. The quantitative estimate of drug-likeness (QED) is 0.715. The van der Waals surface area contributed by atoms with Crippen molar-refractivity contribution in [3.8, 4) is 5.69 Å². The third-order valence-electron chi connectivity index (χ3n) is 4.09. The molecule has 2 aromatic rings. The van der Waals surface area contributed by atoms with Crippen LogP contribution in [0.1, 0.15) is 19.8 Å². The molecule has 9 nitrogen and oxygen atoms in total. The number of aromatic nitrogens is 4. The number of ether oxygens (including phenoxy) is 1. The standard InChI is InChI=1S/C15H19N5O4S/c1-2-24-15(21)12-4-3-9-19(10-12)25(22,23)14-7-5-13(6-8-14)20-11-16-17-18-20/h5-8,11-12H,2-4,9-10H2,1H3. The first-order chi connectivity index (χ1) is 12.0. The summed E-state index contributed by atoms with van der Waals surface area (Å²) >= 11 is 0. The fourth-order valence-corrected chi connectivity index (χ4v) is 4.34. The molecule has 1 unspecified atom stereocenters. The van der Waals surface area contributed by atoms with E-state index in [0.717, 1.165) is 0 Å². The summed E-state index contributed by atoms with van der Waals surface area (Å²) in [5.41, 5.74) is 0.659. The Kier molecular flexibility index (Phi) is 5.09. The van der Waals surface area contributed by atoms with Crippen LogP contribution in [0.5, 0.6) is 0 Å². The number of tetrazole rings is 1. The zero-order valence-electron chi connectivity index (χ0n) is 13.8. The van der Waals surface area contributed by atoms with Crippen LogP contribution in [0.3, 0.4) is 0 Å². The first-order valence-electron chi connectivity index (χ1n) is 8.02. The minimum atomic E-state index is -3.66. The van der Waals surface area contributed by atoms with E-state index in [2.05, 4.69) is 15.5 Å². The molecule has 10 heteroatoms. The molecule has 1 aliphatic rings. The highest BCUT2D eigenvalue weighted by atomic mass is 32.2. The summed E-state index contributed by atoms with van der Waals surface area (Å²) in [4.78, 5) is 12.1. The molecule has 0 bridgehead atoms. The highest BCUT2D eigenvalue weighted by molar-refractivity contribution is 7.89. The van der Waals surface area contributed by atoms with Crippen molar-refractivity contribution in [1.29, 1.82) is 0 Å². The summed E-state index contributed by atoms with van der Waals surface area (Å²) in [5, 5.41) is 10.8. The highest BCUT2D eigenvalue weighted by Crippen LogP contribution is 2.25. The summed E-state index contributed by atoms with van der Waals surface area (Å²) in [6.07, 6.45) is 2.70. The van der Waals surface area contributed by atoms with Crippen LogP contribution in [0.4, 0.5) is 0 Å². The van der Waals surface area contributed by atoms with Gasteiger partial charge in [0.1, 0.15) is 6.33 Å². The van der Waals surface area contributed by atoms with Crippen LogP contribution in [0.25, 0.3) is 5.69 Å². The lowest BCUT2D eigenvalue weighted by Gasteiger charge is -2.30. The van der Waals surface area contributed by atoms with Crippen LogP contribution >= 0.6 is 0 Å². The second kappa shape index (κ2) is 7.28. The van der Waals surface area contributed by atoms with Crippen LogP contribution < -0.4 is 0 Å². The van der Waals surface area contributed by atoms with Gasteiger partial charge in [-0.2, -0.15) is 4.31 Å². The van der Waals surface area contributed by atoms with Crippen LogP contribution in [0.15, 0.2) is 35.5 Å². The predicted octanol–water partition coefficient (Wildman–Crippen LogP) is 0.626. The third kappa shape index (κ3) is 3.69. The number of hydrogen-bond donors (Lipinski definition) is 0. The Balaban J connectivity index is 1.77. The molecular formula is C15H19N5O4S. The van der Waals surface area contributed by atoms with Crippen LogP contribution in [-0.2, 0) is 19.6 Å². The number of esters is 1. The number of piperidine rings is 1. The lowest BCUT2D eigenvalue weighted by molar-refractivity contribution is -0.149. The molecule has 1 aromatic heterocycles. The van der Waals surface area contributed by atoms with Crippen LogP contribution in [-0.4, -0.2) is 58.6 Å².